The molecule has 0 aromatic rings. The van der Waals surface area contributed by atoms with Gasteiger partial charge >= 0.3 is 0 Å². The van der Waals surface area contributed by atoms with Gasteiger partial charge in [-0.2, -0.15) is 0 Å². The van der Waals surface area contributed by atoms with Gasteiger partial charge in [0.15, 0.2) is 0 Å². The van der Waals surface area contributed by atoms with Crippen LogP contribution in [0.4, 0.5) is 0 Å². The highest BCUT2D eigenvalue weighted by molar-refractivity contribution is 5.76. The Hall–Kier alpha value is -0.610. The molecule has 1 atom stereocenters. The zero-order chi connectivity index (χ0) is 16.9. The van der Waals surface area contributed by atoms with Gasteiger partial charge in [-0.25, -0.2) is 0 Å². The van der Waals surface area contributed by atoms with E-state index in [9.17, 15) is 4.79 Å². The van der Waals surface area contributed by atoms with Crippen molar-refractivity contribution in [3.8, 4) is 0 Å². The first kappa shape index (κ1) is 18.2. The van der Waals surface area contributed by atoms with E-state index in [-0.39, 0.29) is 0 Å². The molecule has 2 saturated heterocycles. The predicted molar refractivity (Wildman–Crippen MR) is 98.9 cm³/mol. The minimum atomic E-state index is 0.394. The summed E-state index contributed by atoms with van der Waals surface area (Å²) in [6.07, 6.45) is 8.61. The van der Waals surface area contributed by atoms with Crippen LogP contribution in [-0.4, -0.2) is 61.0 Å². The van der Waals surface area contributed by atoms with Crippen molar-refractivity contribution in [2.24, 2.45) is 17.8 Å². The van der Waals surface area contributed by atoms with Crippen molar-refractivity contribution >= 4 is 5.91 Å². The predicted octanol–water partition coefficient (Wildman–Crippen LogP) is 2.74. The van der Waals surface area contributed by atoms with E-state index in [4.69, 9.17) is 0 Å². The van der Waals surface area contributed by atoms with E-state index < -0.39 is 0 Å². The summed E-state index contributed by atoms with van der Waals surface area (Å²) in [5.74, 6) is 2.90. The van der Waals surface area contributed by atoms with Crippen molar-refractivity contribution in [3.05, 3.63) is 0 Å². The number of hydrogen-bond donors (Lipinski definition) is 1. The van der Waals surface area contributed by atoms with E-state index in [0.717, 1.165) is 75.9 Å². The topological polar surface area (TPSA) is 35.6 Å². The number of carbonyl (C=O) groups is 1. The highest BCUT2D eigenvalue weighted by Crippen LogP contribution is 2.32. The molecule has 0 spiro atoms. The molecule has 0 aromatic carbocycles. The van der Waals surface area contributed by atoms with E-state index in [1.54, 1.807) is 0 Å². The minimum Gasteiger partial charge on any atom is -0.340 e. The zero-order valence-electron chi connectivity index (χ0n) is 15.8. The Labute approximate surface area is 148 Å². The Morgan fingerprint density at radius 1 is 1.04 bits per heavy atom. The first-order valence-corrected chi connectivity index (χ1v) is 10.4. The Kier molecular flexibility index (Phi) is 6.56. The van der Waals surface area contributed by atoms with Crippen LogP contribution < -0.4 is 5.32 Å². The lowest BCUT2D eigenvalue weighted by molar-refractivity contribution is -0.133. The second-order valence-electron chi connectivity index (χ2n) is 8.63. The average Bonchev–Trinajstić information content (AvgIpc) is 3.13. The summed E-state index contributed by atoms with van der Waals surface area (Å²) in [4.78, 5) is 17.2. The molecule has 1 unspecified atom stereocenters. The standard InChI is InChI=1S/C20H37N3O/c1-16(2)18-4-6-19(7-5-18)22-11-13-23(14-12-22)20(24)8-3-17-9-10-21-15-17/h16-19,21H,3-15H2,1-2H3. The molecule has 4 heteroatoms. The second kappa shape index (κ2) is 8.66. The molecule has 138 valence electrons. The Balaban J connectivity index is 1.35. The number of nitrogens with one attached hydrogen (secondary N) is 1. The summed E-state index contributed by atoms with van der Waals surface area (Å²) in [6, 6.07) is 0.779. The quantitative estimate of drug-likeness (QED) is 0.839. The van der Waals surface area contributed by atoms with Gasteiger partial charge in [-0.15, -0.1) is 0 Å². The van der Waals surface area contributed by atoms with Crippen LogP contribution >= 0.6 is 0 Å². The zero-order valence-corrected chi connectivity index (χ0v) is 15.8. The third kappa shape index (κ3) is 4.72. The number of nitrogens with zero attached hydrogens (tertiary/aromatic N) is 2. The molecule has 2 aliphatic heterocycles. The van der Waals surface area contributed by atoms with Crippen LogP contribution in [0, 0.1) is 17.8 Å². The van der Waals surface area contributed by atoms with Gasteiger partial charge in [0, 0.05) is 38.6 Å². The van der Waals surface area contributed by atoms with Gasteiger partial charge in [-0.05, 0) is 69.4 Å². The number of carbonyl (C=O) groups excluding carboxylic acids is 1. The summed E-state index contributed by atoms with van der Waals surface area (Å²) in [5.41, 5.74) is 0. The summed E-state index contributed by atoms with van der Waals surface area (Å²) in [7, 11) is 0. The van der Waals surface area contributed by atoms with Crippen LogP contribution in [0.2, 0.25) is 0 Å². The van der Waals surface area contributed by atoms with Gasteiger partial charge in [-0.3, -0.25) is 9.69 Å². The van der Waals surface area contributed by atoms with Crippen LogP contribution in [0.15, 0.2) is 0 Å². The molecule has 3 fully saturated rings. The van der Waals surface area contributed by atoms with E-state index in [2.05, 4.69) is 29.0 Å². The fraction of sp³-hybridized carbons (Fsp3) is 0.950. The summed E-state index contributed by atoms with van der Waals surface area (Å²) in [6.45, 7) is 11.1. The molecule has 1 amide bonds. The SMILES string of the molecule is CC(C)C1CCC(N2CCN(C(=O)CCC3CCNC3)CC2)CC1. The molecule has 24 heavy (non-hydrogen) atoms. The molecule has 2 heterocycles. The summed E-state index contributed by atoms with van der Waals surface area (Å²) in [5, 5.41) is 3.40. The van der Waals surface area contributed by atoms with Crippen molar-refractivity contribution in [2.75, 3.05) is 39.3 Å². The highest BCUT2D eigenvalue weighted by atomic mass is 16.2. The largest absolute Gasteiger partial charge is 0.340 e. The minimum absolute atomic E-state index is 0.394. The van der Waals surface area contributed by atoms with Gasteiger partial charge in [-0.1, -0.05) is 13.8 Å². The Morgan fingerprint density at radius 2 is 1.75 bits per heavy atom. The third-order valence-corrected chi connectivity index (χ3v) is 6.80. The van der Waals surface area contributed by atoms with Crippen molar-refractivity contribution in [2.45, 2.75) is 64.8 Å². The van der Waals surface area contributed by atoms with Gasteiger partial charge < -0.3 is 10.2 Å². The number of hydrogen-bond acceptors (Lipinski definition) is 3. The smallest absolute Gasteiger partial charge is 0.222 e. The molecular weight excluding hydrogens is 298 g/mol. The molecular formula is C20H37N3O. The van der Waals surface area contributed by atoms with Crippen LogP contribution in [-0.2, 0) is 4.79 Å². The summed E-state index contributed by atoms with van der Waals surface area (Å²) < 4.78 is 0. The van der Waals surface area contributed by atoms with Crippen molar-refractivity contribution in [1.82, 2.24) is 15.1 Å². The molecule has 1 N–H and O–H groups in total. The molecule has 1 aliphatic carbocycles. The first-order valence-electron chi connectivity index (χ1n) is 10.4. The van der Waals surface area contributed by atoms with Crippen molar-refractivity contribution in [3.63, 3.8) is 0 Å². The van der Waals surface area contributed by atoms with Crippen molar-refractivity contribution in [1.29, 1.82) is 0 Å². The maximum Gasteiger partial charge on any atom is 0.222 e. The molecule has 1 saturated carbocycles. The van der Waals surface area contributed by atoms with Gasteiger partial charge in [0.1, 0.15) is 0 Å². The van der Waals surface area contributed by atoms with Crippen LogP contribution in [0.3, 0.4) is 0 Å². The lowest BCUT2D eigenvalue weighted by Crippen LogP contribution is -2.52. The maximum absolute atomic E-state index is 12.4. The van der Waals surface area contributed by atoms with Gasteiger partial charge in [0.25, 0.3) is 0 Å². The lowest BCUT2D eigenvalue weighted by Gasteiger charge is -2.42. The van der Waals surface area contributed by atoms with Gasteiger partial charge in [0.2, 0.25) is 5.91 Å². The highest BCUT2D eigenvalue weighted by Gasteiger charge is 2.30. The number of piperazine rings is 1. The van der Waals surface area contributed by atoms with Crippen molar-refractivity contribution < 1.29 is 4.79 Å². The average molecular weight is 336 g/mol. The monoisotopic (exact) mass is 335 g/mol. The van der Waals surface area contributed by atoms with Crippen LogP contribution in [0.5, 0.6) is 0 Å². The first-order chi connectivity index (χ1) is 11.6. The van der Waals surface area contributed by atoms with E-state index in [0.29, 0.717) is 5.91 Å². The fourth-order valence-corrected chi connectivity index (χ4v) is 4.92. The summed E-state index contributed by atoms with van der Waals surface area (Å²) >= 11 is 0. The number of rotatable bonds is 5. The van der Waals surface area contributed by atoms with E-state index >= 15 is 0 Å². The van der Waals surface area contributed by atoms with E-state index in [1.807, 2.05) is 0 Å². The third-order valence-electron chi connectivity index (χ3n) is 6.80. The Bertz CT molecular complexity index is 390. The molecule has 3 rings (SSSR count). The van der Waals surface area contributed by atoms with E-state index in [1.165, 1.54) is 32.1 Å². The Morgan fingerprint density at radius 3 is 2.33 bits per heavy atom. The second-order valence-corrected chi connectivity index (χ2v) is 8.63. The molecule has 0 aromatic heterocycles. The normalized spacial score (nSPS) is 32.5. The van der Waals surface area contributed by atoms with Crippen LogP contribution in [0.1, 0.15) is 58.8 Å². The molecule has 0 bridgehead atoms. The lowest BCUT2D eigenvalue weighted by atomic mass is 9.79. The van der Waals surface area contributed by atoms with Crippen LogP contribution in [0.25, 0.3) is 0 Å². The number of amides is 1. The maximum atomic E-state index is 12.4. The molecule has 3 aliphatic rings. The fourth-order valence-electron chi connectivity index (χ4n) is 4.92. The molecule has 0 radical (unpaired) electrons. The molecule has 4 nitrogen and oxygen atoms in total. The van der Waals surface area contributed by atoms with Gasteiger partial charge in [0.05, 0.1) is 0 Å².